The predicted octanol–water partition coefficient (Wildman–Crippen LogP) is 2.97. The molecule has 0 bridgehead atoms. The van der Waals surface area contributed by atoms with E-state index in [0.29, 0.717) is 22.8 Å². The lowest BCUT2D eigenvalue weighted by Gasteiger charge is -2.28. The third kappa shape index (κ3) is 2.93. The molecular formula is C25H21N5O2. The van der Waals surface area contributed by atoms with E-state index in [9.17, 15) is 9.59 Å². The van der Waals surface area contributed by atoms with Crippen LogP contribution in [0, 0.1) is 0 Å². The number of aromatic nitrogens is 3. The van der Waals surface area contributed by atoms with Crippen LogP contribution < -0.4 is 10.2 Å². The van der Waals surface area contributed by atoms with Gasteiger partial charge < -0.3 is 15.2 Å². The lowest BCUT2D eigenvalue weighted by Crippen LogP contribution is -2.44. The highest BCUT2D eigenvalue weighted by atomic mass is 16.2. The minimum atomic E-state index is -0.189. The van der Waals surface area contributed by atoms with E-state index in [1.807, 2.05) is 54.7 Å². The average molecular weight is 423 g/mol. The van der Waals surface area contributed by atoms with E-state index in [2.05, 4.69) is 15.2 Å². The van der Waals surface area contributed by atoms with Gasteiger partial charge >= 0.3 is 0 Å². The second-order valence-electron chi connectivity index (χ2n) is 8.15. The zero-order valence-corrected chi connectivity index (χ0v) is 17.4. The first-order chi connectivity index (χ1) is 15.7. The Morgan fingerprint density at radius 1 is 0.812 bits per heavy atom. The van der Waals surface area contributed by atoms with Crippen LogP contribution in [0.3, 0.4) is 0 Å². The van der Waals surface area contributed by atoms with Gasteiger partial charge in [-0.3, -0.25) is 9.59 Å². The van der Waals surface area contributed by atoms with Crippen LogP contribution in [-0.4, -0.2) is 52.7 Å². The minimum absolute atomic E-state index is 0.133. The molecule has 6 rings (SSSR count). The van der Waals surface area contributed by atoms with Crippen LogP contribution in [0.25, 0.3) is 33.0 Å². The van der Waals surface area contributed by atoms with Crippen molar-refractivity contribution in [3.8, 4) is 0 Å². The van der Waals surface area contributed by atoms with Crippen LogP contribution in [0.1, 0.15) is 17.7 Å². The first-order valence-corrected chi connectivity index (χ1v) is 10.8. The molecular weight excluding hydrogens is 402 g/mol. The summed E-state index contributed by atoms with van der Waals surface area (Å²) in [5.74, 6) is 0.240. The summed E-state index contributed by atoms with van der Waals surface area (Å²) in [6.45, 7) is 3.29. The number of hydrogen-bond acceptors (Lipinski definition) is 6. The third-order valence-corrected chi connectivity index (χ3v) is 6.22. The van der Waals surface area contributed by atoms with E-state index >= 15 is 0 Å². The van der Waals surface area contributed by atoms with Crippen molar-refractivity contribution in [3.63, 3.8) is 0 Å². The molecule has 2 aliphatic rings. The molecule has 1 aliphatic heterocycles. The number of anilines is 1. The van der Waals surface area contributed by atoms with E-state index in [4.69, 9.17) is 9.97 Å². The summed E-state index contributed by atoms with van der Waals surface area (Å²) < 4.78 is 0. The summed E-state index contributed by atoms with van der Waals surface area (Å²) in [5, 5.41) is 5.04. The lowest BCUT2D eigenvalue weighted by molar-refractivity contribution is -0.119. The number of hydrogen-bond donors (Lipinski definition) is 2. The van der Waals surface area contributed by atoms with Gasteiger partial charge in [0.1, 0.15) is 0 Å². The Labute approximate surface area is 184 Å². The van der Waals surface area contributed by atoms with Crippen molar-refractivity contribution in [3.05, 3.63) is 66.0 Å². The Morgan fingerprint density at radius 3 is 2.38 bits per heavy atom. The molecule has 4 aromatic rings. The van der Waals surface area contributed by atoms with E-state index < -0.39 is 0 Å². The Hall–Kier alpha value is -3.84. The fourth-order valence-electron chi connectivity index (χ4n) is 4.68. The van der Waals surface area contributed by atoms with Crippen LogP contribution in [0.2, 0.25) is 0 Å². The van der Waals surface area contributed by atoms with Gasteiger partial charge in [-0.2, -0.15) is 0 Å². The van der Waals surface area contributed by atoms with Crippen molar-refractivity contribution >= 4 is 50.5 Å². The molecule has 0 amide bonds. The fourth-order valence-corrected chi connectivity index (χ4v) is 4.68. The number of piperazine rings is 1. The molecule has 158 valence electrons. The lowest BCUT2D eigenvalue weighted by atomic mass is 9.97. The molecule has 0 radical (unpaired) electrons. The van der Waals surface area contributed by atoms with Crippen LogP contribution in [0.15, 0.2) is 54.7 Å². The summed E-state index contributed by atoms with van der Waals surface area (Å²) in [4.78, 5) is 41.3. The molecule has 0 atom stereocenters. The number of Topliss-reactive ketones (excluding diaryl/α,β-unsaturated/α-hetero) is 2. The zero-order chi connectivity index (χ0) is 21.7. The van der Waals surface area contributed by atoms with Gasteiger partial charge in [0, 0.05) is 59.8 Å². The number of rotatable bonds is 3. The molecule has 3 heterocycles. The second kappa shape index (κ2) is 7.39. The number of carbonyl (C=O) groups is 2. The number of carbonyl (C=O) groups excluding carboxylic acids is 2. The molecule has 1 saturated heterocycles. The highest BCUT2D eigenvalue weighted by Gasteiger charge is 2.35. The maximum absolute atomic E-state index is 13.2. The van der Waals surface area contributed by atoms with Gasteiger partial charge in [-0.25, -0.2) is 9.97 Å². The standard InChI is InChI=1S/C25H21N5O2/c31-20-13-21(32)23(22(20)17-14-27-18-7-3-1-5-15(17)18)24-16-6-2-4-8-19(16)28-25(29-24)30-11-9-26-10-12-30/h1-8,14,26-27H,9-13H2. The molecule has 0 unspecified atom stereocenters. The van der Waals surface area contributed by atoms with Gasteiger partial charge in [0.2, 0.25) is 5.95 Å². The molecule has 32 heavy (non-hydrogen) atoms. The maximum Gasteiger partial charge on any atom is 0.226 e. The predicted molar refractivity (Wildman–Crippen MR) is 124 cm³/mol. The van der Waals surface area contributed by atoms with Gasteiger partial charge in [-0.05, 0) is 12.1 Å². The first-order valence-electron chi connectivity index (χ1n) is 10.8. The van der Waals surface area contributed by atoms with E-state index in [1.54, 1.807) is 0 Å². The largest absolute Gasteiger partial charge is 0.361 e. The van der Waals surface area contributed by atoms with Crippen molar-refractivity contribution in [2.45, 2.75) is 6.42 Å². The Morgan fingerprint density at radius 2 is 1.53 bits per heavy atom. The topological polar surface area (TPSA) is 91.0 Å². The summed E-state index contributed by atoms with van der Waals surface area (Å²) >= 11 is 0. The van der Waals surface area contributed by atoms with Gasteiger partial charge in [-0.15, -0.1) is 0 Å². The van der Waals surface area contributed by atoms with Gasteiger partial charge in [0.25, 0.3) is 0 Å². The molecule has 2 aromatic carbocycles. The molecule has 7 nitrogen and oxygen atoms in total. The number of allylic oxidation sites excluding steroid dienone is 2. The normalized spacial score (nSPS) is 17.2. The van der Waals surface area contributed by atoms with Crippen LogP contribution in [0.5, 0.6) is 0 Å². The van der Waals surface area contributed by atoms with Crippen molar-refractivity contribution in [1.82, 2.24) is 20.3 Å². The highest BCUT2D eigenvalue weighted by Crippen LogP contribution is 2.40. The van der Waals surface area contributed by atoms with Gasteiger partial charge in [0.05, 0.1) is 23.2 Å². The summed E-state index contributed by atoms with van der Waals surface area (Å²) in [7, 11) is 0. The molecule has 7 heteroatoms. The molecule has 0 saturated carbocycles. The van der Waals surface area contributed by atoms with Gasteiger partial charge in [-0.1, -0.05) is 36.4 Å². The van der Waals surface area contributed by atoms with Crippen molar-refractivity contribution in [2.75, 3.05) is 31.1 Å². The van der Waals surface area contributed by atoms with Crippen LogP contribution >= 0.6 is 0 Å². The van der Waals surface area contributed by atoms with Gasteiger partial charge in [0.15, 0.2) is 11.6 Å². The Kier molecular flexibility index (Phi) is 4.36. The van der Waals surface area contributed by atoms with Crippen LogP contribution in [0.4, 0.5) is 5.95 Å². The molecule has 2 aromatic heterocycles. The number of H-pyrrole nitrogens is 1. The van der Waals surface area contributed by atoms with Crippen molar-refractivity contribution < 1.29 is 9.59 Å². The number of nitrogens with zero attached hydrogens (tertiary/aromatic N) is 3. The van der Waals surface area contributed by atoms with Crippen molar-refractivity contribution in [2.24, 2.45) is 0 Å². The average Bonchev–Trinajstić information content (AvgIpc) is 3.38. The zero-order valence-electron chi connectivity index (χ0n) is 17.4. The maximum atomic E-state index is 13.2. The third-order valence-electron chi connectivity index (χ3n) is 6.22. The number of fused-ring (bicyclic) bond motifs is 2. The molecule has 0 spiro atoms. The minimum Gasteiger partial charge on any atom is -0.361 e. The summed E-state index contributed by atoms with van der Waals surface area (Å²) in [6, 6.07) is 15.5. The smallest absolute Gasteiger partial charge is 0.226 e. The number of benzene rings is 2. The summed E-state index contributed by atoms with van der Waals surface area (Å²) in [6.07, 6.45) is 1.68. The van der Waals surface area contributed by atoms with E-state index in [0.717, 1.165) is 53.5 Å². The number of nitrogens with one attached hydrogen (secondary N) is 2. The highest BCUT2D eigenvalue weighted by molar-refractivity contribution is 6.52. The van der Waals surface area contributed by atoms with Crippen molar-refractivity contribution in [1.29, 1.82) is 0 Å². The summed E-state index contributed by atoms with van der Waals surface area (Å²) in [5.41, 5.74) is 3.83. The second-order valence-corrected chi connectivity index (χ2v) is 8.15. The number of para-hydroxylation sites is 2. The number of aromatic amines is 1. The quantitative estimate of drug-likeness (QED) is 0.493. The molecule has 1 aliphatic carbocycles. The monoisotopic (exact) mass is 423 g/mol. The fraction of sp³-hybridized carbons (Fsp3) is 0.200. The van der Waals surface area contributed by atoms with E-state index in [-0.39, 0.29) is 18.0 Å². The first kappa shape index (κ1) is 18.9. The number of ketones is 2. The molecule has 2 N–H and O–H groups in total. The SMILES string of the molecule is O=C1CC(=O)C(c2c[nH]c3ccccc23)=C1c1nc(N2CCNCC2)nc2ccccc12. The Bertz CT molecular complexity index is 1430. The van der Waals surface area contributed by atoms with Crippen LogP contribution in [-0.2, 0) is 9.59 Å². The molecule has 1 fully saturated rings. The Balaban J connectivity index is 1.63. The van der Waals surface area contributed by atoms with E-state index in [1.165, 1.54) is 0 Å².